The Kier molecular flexibility index (Phi) is 3.87. The van der Waals surface area contributed by atoms with Crippen LogP contribution < -0.4 is 0 Å². The van der Waals surface area contributed by atoms with Crippen LogP contribution >= 0.6 is 0 Å². The van der Waals surface area contributed by atoms with E-state index in [1.165, 1.54) is 6.92 Å². The van der Waals surface area contributed by atoms with Gasteiger partial charge in [-0.15, -0.1) is 0 Å². The molecule has 2 N–H and O–H groups in total. The molecule has 0 aliphatic carbocycles. The van der Waals surface area contributed by atoms with Crippen molar-refractivity contribution in [3.8, 4) is 0 Å². The van der Waals surface area contributed by atoms with Gasteiger partial charge in [0.25, 0.3) is 0 Å². The lowest BCUT2D eigenvalue weighted by Crippen LogP contribution is -2.10. The number of aliphatic carboxylic acids is 1. The molecule has 0 saturated carbocycles. The number of rotatable bonds is 4. The highest BCUT2D eigenvalue weighted by atomic mass is 16.4. The van der Waals surface area contributed by atoms with Gasteiger partial charge in [-0.25, -0.2) is 0 Å². The summed E-state index contributed by atoms with van der Waals surface area (Å²) in [6.07, 6.45) is -0.501. The third kappa shape index (κ3) is 5.07. The molecule has 0 radical (unpaired) electrons. The fourth-order valence-electron chi connectivity index (χ4n) is 0.595. The lowest BCUT2D eigenvalue weighted by atomic mass is 10.1. The predicted molar refractivity (Wildman–Crippen MR) is 36.8 cm³/mol. The Balaban J connectivity index is 3.99. The Bertz CT molecular complexity index is 179. The van der Waals surface area contributed by atoms with Crippen molar-refractivity contribution >= 4 is 17.5 Å². The third-order valence-corrected chi connectivity index (χ3v) is 0.950. The molecular formula is C6H9NO4. The van der Waals surface area contributed by atoms with Gasteiger partial charge < -0.3 is 10.3 Å². The minimum Gasteiger partial charge on any atom is -0.481 e. The molecule has 0 rings (SSSR count). The second kappa shape index (κ2) is 4.43. The summed E-state index contributed by atoms with van der Waals surface area (Å²) in [6, 6.07) is 0. The smallest absolute Gasteiger partial charge is 0.309 e. The molecule has 0 aromatic heterocycles. The van der Waals surface area contributed by atoms with E-state index in [1.807, 2.05) is 0 Å². The van der Waals surface area contributed by atoms with Crippen LogP contribution in [0.3, 0.4) is 0 Å². The number of oxime groups is 1. The largest absolute Gasteiger partial charge is 0.481 e. The number of hydrogen-bond acceptors (Lipinski definition) is 4. The second-order valence-corrected chi connectivity index (χ2v) is 2.12. The van der Waals surface area contributed by atoms with Crippen LogP contribution in [-0.4, -0.2) is 27.8 Å². The fraction of sp³-hybridized carbons (Fsp3) is 0.500. The zero-order valence-electron chi connectivity index (χ0n) is 6.07. The monoisotopic (exact) mass is 159 g/mol. The molecule has 0 unspecified atom stereocenters. The lowest BCUT2D eigenvalue weighted by molar-refractivity contribution is -0.135. The predicted octanol–water partition coefficient (Wildman–Crippen LogP) is 0.270. The first kappa shape index (κ1) is 9.61. The average molecular weight is 159 g/mol. The summed E-state index contributed by atoms with van der Waals surface area (Å²) in [5.74, 6) is -1.34. The SMILES string of the molecule is CC(=O)C/C(CC(=O)O)=N/O. The van der Waals surface area contributed by atoms with E-state index in [4.69, 9.17) is 10.3 Å². The van der Waals surface area contributed by atoms with Crippen molar-refractivity contribution in [2.24, 2.45) is 5.16 Å². The van der Waals surface area contributed by atoms with Gasteiger partial charge in [0, 0.05) is 6.42 Å². The van der Waals surface area contributed by atoms with Crippen LogP contribution in [0.4, 0.5) is 0 Å². The Labute approximate surface area is 63.3 Å². The van der Waals surface area contributed by atoms with Crippen LogP contribution in [0, 0.1) is 0 Å². The number of Topliss-reactive ketones (excluding diaryl/α,β-unsaturated/α-hetero) is 1. The van der Waals surface area contributed by atoms with Crippen molar-refractivity contribution in [2.75, 3.05) is 0 Å². The molecule has 0 aliphatic heterocycles. The summed E-state index contributed by atoms with van der Waals surface area (Å²) in [6.45, 7) is 1.30. The highest BCUT2D eigenvalue weighted by Crippen LogP contribution is 1.93. The molecule has 11 heavy (non-hydrogen) atoms. The average Bonchev–Trinajstić information content (AvgIpc) is 1.84. The van der Waals surface area contributed by atoms with Crippen LogP contribution in [0.15, 0.2) is 5.16 Å². The van der Waals surface area contributed by atoms with E-state index in [0.29, 0.717) is 0 Å². The quantitative estimate of drug-likeness (QED) is 0.350. The van der Waals surface area contributed by atoms with Crippen molar-refractivity contribution < 1.29 is 19.9 Å². The van der Waals surface area contributed by atoms with Gasteiger partial charge in [-0.05, 0) is 6.92 Å². The van der Waals surface area contributed by atoms with Gasteiger partial charge in [-0.3, -0.25) is 9.59 Å². The molecule has 0 atom stereocenters. The topological polar surface area (TPSA) is 87.0 Å². The van der Waals surface area contributed by atoms with E-state index in [9.17, 15) is 9.59 Å². The Morgan fingerprint density at radius 2 is 1.91 bits per heavy atom. The summed E-state index contributed by atoms with van der Waals surface area (Å²) in [5, 5.41) is 19.1. The second-order valence-electron chi connectivity index (χ2n) is 2.12. The summed E-state index contributed by atoms with van der Waals surface area (Å²) >= 11 is 0. The summed E-state index contributed by atoms with van der Waals surface area (Å²) < 4.78 is 0. The number of ketones is 1. The minimum absolute atomic E-state index is 0.0231. The summed E-state index contributed by atoms with van der Waals surface area (Å²) in [5.41, 5.74) is -0.0231. The molecule has 5 nitrogen and oxygen atoms in total. The number of carboxylic acids is 1. The summed E-state index contributed by atoms with van der Waals surface area (Å²) in [4.78, 5) is 20.5. The zero-order valence-corrected chi connectivity index (χ0v) is 6.07. The van der Waals surface area contributed by atoms with E-state index in [1.54, 1.807) is 0 Å². The Hall–Kier alpha value is -1.39. The van der Waals surface area contributed by atoms with Crippen LogP contribution in [0.2, 0.25) is 0 Å². The molecular weight excluding hydrogens is 150 g/mol. The molecule has 0 saturated heterocycles. The Morgan fingerprint density at radius 1 is 1.36 bits per heavy atom. The molecule has 5 heteroatoms. The summed E-state index contributed by atoms with van der Waals surface area (Å²) in [7, 11) is 0. The first-order valence-corrected chi connectivity index (χ1v) is 2.97. The van der Waals surface area contributed by atoms with Crippen LogP contribution in [0.1, 0.15) is 19.8 Å². The van der Waals surface area contributed by atoms with Gasteiger partial charge in [0.2, 0.25) is 0 Å². The van der Waals surface area contributed by atoms with Crippen LogP contribution in [0.25, 0.3) is 0 Å². The van der Waals surface area contributed by atoms with Crippen molar-refractivity contribution in [1.82, 2.24) is 0 Å². The van der Waals surface area contributed by atoms with Crippen molar-refractivity contribution in [2.45, 2.75) is 19.8 Å². The fourth-order valence-corrected chi connectivity index (χ4v) is 0.595. The van der Waals surface area contributed by atoms with Crippen molar-refractivity contribution in [1.29, 1.82) is 0 Å². The van der Waals surface area contributed by atoms with E-state index >= 15 is 0 Å². The maximum Gasteiger partial charge on any atom is 0.309 e. The van der Waals surface area contributed by atoms with Gasteiger partial charge in [-0.2, -0.15) is 0 Å². The molecule has 0 aliphatic rings. The lowest BCUT2D eigenvalue weighted by Gasteiger charge is -1.95. The number of hydrogen-bond donors (Lipinski definition) is 2. The normalized spacial score (nSPS) is 11.2. The van der Waals surface area contributed by atoms with Gasteiger partial charge in [0.05, 0.1) is 12.1 Å². The number of carboxylic acid groups (broad SMARTS) is 1. The van der Waals surface area contributed by atoms with Crippen molar-refractivity contribution in [3.63, 3.8) is 0 Å². The van der Waals surface area contributed by atoms with E-state index < -0.39 is 12.4 Å². The van der Waals surface area contributed by atoms with E-state index in [2.05, 4.69) is 5.16 Å². The van der Waals surface area contributed by atoms with Gasteiger partial charge in [-0.1, -0.05) is 5.16 Å². The highest BCUT2D eigenvalue weighted by molar-refractivity contribution is 6.07. The molecule has 0 bridgehead atoms. The molecule has 0 spiro atoms. The van der Waals surface area contributed by atoms with Gasteiger partial charge in [0.1, 0.15) is 5.78 Å². The maximum absolute atomic E-state index is 10.4. The Morgan fingerprint density at radius 3 is 2.18 bits per heavy atom. The van der Waals surface area contributed by atoms with E-state index in [-0.39, 0.29) is 17.9 Å². The molecule has 0 fully saturated rings. The third-order valence-electron chi connectivity index (χ3n) is 0.950. The maximum atomic E-state index is 10.4. The highest BCUT2D eigenvalue weighted by Gasteiger charge is 2.08. The molecule has 0 aromatic rings. The van der Waals surface area contributed by atoms with Gasteiger partial charge >= 0.3 is 5.97 Å². The standard InChI is InChI=1S/C6H9NO4/c1-4(8)2-5(7-11)3-6(9)10/h11H,2-3H2,1H3,(H,9,10)/b7-5-. The minimum atomic E-state index is -1.11. The number of nitrogens with zero attached hydrogens (tertiary/aromatic N) is 1. The van der Waals surface area contributed by atoms with Crippen LogP contribution in [0.5, 0.6) is 0 Å². The first-order chi connectivity index (χ1) is 5.06. The van der Waals surface area contributed by atoms with Crippen molar-refractivity contribution in [3.05, 3.63) is 0 Å². The molecule has 0 amide bonds. The molecule has 0 heterocycles. The van der Waals surface area contributed by atoms with Crippen LogP contribution in [-0.2, 0) is 9.59 Å². The zero-order chi connectivity index (χ0) is 8.85. The molecule has 0 aromatic carbocycles. The first-order valence-electron chi connectivity index (χ1n) is 2.97. The molecule has 62 valence electrons. The van der Waals surface area contributed by atoms with Gasteiger partial charge in [0.15, 0.2) is 0 Å². The van der Waals surface area contributed by atoms with E-state index in [0.717, 1.165) is 0 Å². The number of carbonyl (C=O) groups excluding carboxylic acids is 1. The number of carbonyl (C=O) groups is 2.